The van der Waals surface area contributed by atoms with Crippen LogP contribution in [0.4, 0.5) is 0 Å². The summed E-state index contributed by atoms with van der Waals surface area (Å²) in [6, 6.07) is 0. The molecule has 0 aromatic rings. The molecular formula is C8H14ClNO. The number of hydrogen-bond donors (Lipinski definition) is 1. The van der Waals surface area contributed by atoms with Crippen molar-refractivity contribution in [2.75, 3.05) is 0 Å². The predicted molar refractivity (Wildman–Crippen MR) is 47.2 cm³/mol. The van der Waals surface area contributed by atoms with Crippen molar-refractivity contribution in [3.63, 3.8) is 0 Å². The average Bonchev–Trinajstić information content (AvgIpc) is 1.84. The minimum absolute atomic E-state index is 0.455. The van der Waals surface area contributed by atoms with E-state index in [9.17, 15) is 4.79 Å². The first-order valence-corrected chi connectivity index (χ1v) is 3.98. The van der Waals surface area contributed by atoms with E-state index in [0.29, 0.717) is 17.2 Å². The molecule has 2 nitrogen and oxygen atoms in total. The minimum Gasteiger partial charge on any atom is -0.402 e. The molecule has 0 aliphatic heterocycles. The molecule has 11 heavy (non-hydrogen) atoms. The summed E-state index contributed by atoms with van der Waals surface area (Å²) < 4.78 is 0. The summed E-state index contributed by atoms with van der Waals surface area (Å²) in [4.78, 5) is 10.6. The smallest absolute Gasteiger partial charge is 0.249 e. The summed E-state index contributed by atoms with van der Waals surface area (Å²) in [6.07, 6.45) is 0.726. The fraction of sp³-hybridized carbons (Fsp3) is 0.625. The molecule has 0 bridgehead atoms. The van der Waals surface area contributed by atoms with Gasteiger partial charge in [0.25, 0.3) is 0 Å². The summed E-state index contributed by atoms with van der Waals surface area (Å²) in [5.41, 5.74) is 6.66. The molecule has 0 aromatic carbocycles. The van der Waals surface area contributed by atoms with Crippen molar-refractivity contribution in [1.82, 2.24) is 0 Å². The molecule has 0 aliphatic carbocycles. The first kappa shape index (κ1) is 10.5. The molecule has 0 atom stereocenters. The van der Waals surface area contributed by atoms with E-state index in [0.717, 1.165) is 6.42 Å². The standard InChI is InChI=1S/C8H14ClNO/c1-5(2)4-7(10)6(3)8(9)11/h5H,4,10H2,1-3H3. The van der Waals surface area contributed by atoms with Crippen molar-refractivity contribution in [3.8, 4) is 0 Å². The van der Waals surface area contributed by atoms with Crippen LogP contribution in [0.25, 0.3) is 0 Å². The Morgan fingerprint density at radius 3 is 2.27 bits per heavy atom. The molecule has 0 unspecified atom stereocenters. The molecule has 64 valence electrons. The van der Waals surface area contributed by atoms with Gasteiger partial charge in [0.1, 0.15) is 0 Å². The number of nitrogens with two attached hydrogens (primary N) is 1. The highest BCUT2D eigenvalue weighted by Gasteiger charge is 2.06. The fourth-order valence-corrected chi connectivity index (χ4v) is 0.841. The van der Waals surface area contributed by atoms with Crippen LogP contribution in [0.15, 0.2) is 11.3 Å². The molecule has 0 saturated heterocycles. The van der Waals surface area contributed by atoms with Gasteiger partial charge in [-0.05, 0) is 30.9 Å². The number of carbonyl (C=O) groups excluding carboxylic acids is 1. The number of carbonyl (C=O) groups is 1. The summed E-state index contributed by atoms with van der Waals surface area (Å²) in [5, 5.41) is -0.455. The Balaban J connectivity index is 4.28. The number of rotatable bonds is 3. The zero-order chi connectivity index (χ0) is 9.02. The Hall–Kier alpha value is -0.500. The molecule has 0 aliphatic rings. The molecule has 0 saturated carbocycles. The molecule has 0 spiro atoms. The van der Waals surface area contributed by atoms with Crippen LogP contribution in [0.2, 0.25) is 0 Å². The number of allylic oxidation sites excluding steroid dienone is 2. The monoisotopic (exact) mass is 175 g/mol. The highest BCUT2D eigenvalue weighted by molar-refractivity contribution is 6.67. The van der Waals surface area contributed by atoms with E-state index in [-0.39, 0.29) is 0 Å². The van der Waals surface area contributed by atoms with Crippen LogP contribution in [0.5, 0.6) is 0 Å². The normalized spacial score (nSPS) is 13.2. The van der Waals surface area contributed by atoms with Gasteiger partial charge in [-0.15, -0.1) is 0 Å². The van der Waals surface area contributed by atoms with E-state index < -0.39 is 5.24 Å². The van der Waals surface area contributed by atoms with Crippen molar-refractivity contribution in [3.05, 3.63) is 11.3 Å². The average molecular weight is 176 g/mol. The van der Waals surface area contributed by atoms with Crippen LogP contribution in [0, 0.1) is 5.92 Å². The highest BCUT2D eigenvalue weighted by Crippen LogP contribution is 2.11. The maximum Gasteiger partial charge on any atom is 0.249 e. The van der Waals surface area contributed by atoms with Crippen LogP contribution in [-0.2, 0) is 4.79 Å². The summed E-state index contributed by atoms with van der Waals surface area (Å²) in [6.45, 7) is 5.73. The zero-order valence-corrected chi connectivity index (χ0v) is 7.90. The summed E-state index contributed by atoms with van der Waals surface area (Å²) >= 11 is 5.23. The maximum atomic E-state index is 10.6. The van der Waals surface area contributed by atoms with Gasteiger partial charge in [0.05, 0.1) is 0 Å². The lowest BCUT2D eigenvalue weighted by Crippen LogP contribution is -2.07. The lowest BCUT2D eigenvalue weighted by molar-refractivity contribution is -0.108. The van der Waals surface area contributed by atoms with Crippen molar-refractivity contribution in [2.24, 2.45) is 11.7 Å². The van der Waals surface area contributed by atoms with Gasteiger partial charge in [-0.3, -0.25) is 4.79 Å². The second-order valence-electron chi connectivity index (χ2n) is 3.02. The summed E-state index contributed by atoms with van der Waals surface area (Å²) in [5.74, 6) is 0.459. The highest BCUT2D eigenvalue weighted by atomic mass is 35.5. The molecule has 0 rings (SSSR count). The molecule has 3 heteroatoms. The molecular weight excluding hydrogens is 162 g/mol. The lowest BCUT2D eigenvalue weighted by atomic mass is 10.1. The number of halogens is 1. The van der Waals surface area contributed by atoms with Gasteiger partial charge in [0.15, 0.2) is 0 Å². The van der Waals surface area contributed by atoms with Crippen LogP contribution >= 0.6 is 11.6 Å². The fourth-order valence-electron chi connectivity index (χ4n) is 0.719. The second kappa shape index (κ2) is 4.39. The molecule has 0 radical (unpaired) electrons. The topological polar surface area (TPSA) is 43.1 Å². The number of hydrogen-bond acceptors (Lipinski definition) is 2. The predicted octanol–water partition coefficient (Wildman–Crippen LogP) is 2.03. The Labute approximate surface area is 72.4 Å². The minimum atomic E-state index is -0.455. The van der Waals surface area contributed by atoms with Crippen molar-refractivity contribution in [2.45, 2.75) is 27.2 Å². The Morgan fingerprint density at radius 1 is 1.55 bits per heavy atom. The third kappa shape index (κ3) is 4.04. The van der Waals surface area contributed by atoms with Gasteiger partial charge in [-0.25, -0.2) is 0 Å². The van der Waals surface area contributed by atoms with Crippen LogP contribution in [0.3, 0.4) is 0 Å². The van der Waals surface area contributed by atoms with Gasteiger partial charge >= 0.3 is 0 Å². The summed E-state index contributed by atoms with van der Waals surface area (Å²) in [7, 11) is 0. The van der Waals surface area contributed by atoms with E-state index in [1.54, 1.807) is 6.92 Å². The molecule has 0 heterocycles. The molecule has 2 N–H and O–H groups in total. The molecule has 0 fully saturated rings. The Kier molecular flexibility index (Phi) is 4.19. The first-order chi connectivity index (χ1) is 4.95. The van der Waals surface area contributed by atoms with Gasteiger partial charge in [-0.2, -0.15) is 0 Å². The van der Waals surface area contributed by atoms with Gasteiger partial charge in [0, 0.05) is 11.3 Å². The second-order valence-corrected chi connectivity index (χ2v) is 3.37. The van der Waals surface area contributed by atoms with Crippen LogP contribution in [-0.4, -0.2) is 5.24 Å². The lowest BCUT2D eigenvalue weighted by Gasteiger charge is -2.06. The van der Waals surface area contributed by atoms with E-state index in [1.807, 2.05) is 13.8 Å². The van der Waals surface area contributed by atoms with Crippen molar-refractivity contribution < 1.29 is 4.79 Å². The Bertz CT molecular complexity index is 185. The maximum absolute atomic E-state index is 10.6. The van der Waals surface area contributed by atoms with E-state index in [1.165, 1.54) is 0 Å². The zero-order valence-electron chi connectivity index (χ0n) is 7.15. The van der Waals surface area contributed by atoms with Crippen molar-refractivity contribution >= 4 is 16.8 Å². The van der Waals surface area contributed by atoms with Crippen molar-refractivity contribution in [1.29, 1.82) is 0 Å². The third-order valence-electron chi connectivity index (χ3n) is 1.40. The Morgan fingerprint density at radius 2 is 2.00 bits per heavy atom. The van der Waals surface area contributed by atoms with E-state index in [4.69, 9.17) is 17.3 Å². The third-order valence-corrected chi connectivity index (χ3v) is 1.69. The van der Waals surface area contributed by atoms with E-state index >= 15 is 0 Å². The van der Waals surface area contributed by atoms with Gasteiger partial charge < -0.3 is 5.73 Å². The van der Waals surface area contributed by atoms with Gasteiger partial charge in [0.2, 0.25) is 5.24 Å². The van der Waals surface area contributed by atoms with E-state index in [2.05, 4.69) is 0 Å². The van der Waals surface area contributed by atoms with Gasteiger partial charge in [-0.1, -0.05) is 13.8 Å². The molecule has 0 aromatic heterocycles. The van der Waals surface area contributed by atoms with Crippen LogP contribution in [0.1, 0.15) is 27.2 Å². The quantitative estimate of drug-likeness (QED) is 0.527. The SMILES string of the molecule is CC(C(=O)Cl)=C(N)CC(C)C. The first-order valence-electron chi connectivity index (χ1n) is 3.60. The largest absolute Gasteiger partial charge is 0.402 e. The van der Waals surface area contributed by atoms with Crippen LogP contribution < -0.4 is 5.73 Å². The molecule has 0 amide bonds.